The van der Waals surface area contributed by atoms with E-state index in [4.69, 9.17) is 5.73 Å². The Bertz CT molecular complexity index is 777. The van der Waals surface area contributed by atoms with E-state index in [1.54, 1.807) is 26.2 Å². The number of hydrogen-bond donors (Lipinski definition) is 1. The molecule has 108 valence electrons. The van der Waals surface area contributed by atoms with Crippen molar-refractivity contribution in [1.29, 1.82) is 0 Å². The highest BCUT2D eigenvalue weighted by Gasteiger charge is 2.19. The van der Waals surface area contributed by atoms with Crippen LogP contribution < -0.4 is 5.73 Å². The molecule has 2 N–H and O–H groups in total. The summed E-state index contributed by atoms with van der Waals surface area (Å²) in [7, 11) is -0.127. The van der Waals surface area contributed by atoms with Crippen molar-refractivity contribution >= 4 is 32.7 Å². The van der Waals surface area contributed by atoms with Crippen LogP contribution in [-0.2, 0) is 21.2 Å². The van der Waals surface area contributed by atoms with Crippen LogP contribution >= 0.6 is 0 Å². The van der Waals surface area contributed by atoms with Crippen LogP contribution in [0.1, 0.15) is 0 Å². The van der Waals surface area contributed by atoms with Gasteiger partial charge in [-0.15, -0.1) is 0 Å². The van der Waals surface area contributed by atoms with Crippen LogP contribution in [0, 0.1) is 0 Å². The summed E-state index contributed by atoms with van der Waals surface area (Å²) in [6.45, 7) is 0.0164. The molecule has 2 aromatic rings. The van der Waals surface area contributed by atoms with Gasteiger partial charge in [0.2, 0.25) is 11.9 Å². The molecule has 0 aliphatic carbocycles. The molecule has 1 heterocycles. The Hall–Kier alpha value is -2.09. The van der Waals surface area contributed by atoms with Crippen LogP contribution in [0.2, 0.25) is 0 Å². The van der Waals surface area contributed by atoms with Gasteiger partial charge in [-0.25, -0.2) is 13.4 Å². The third kappa shape index (κ3) is 2.46. The van der Waals surface area contributed by atoms with Gasteiger partial charge in [-0.05, 0) is 12.1 Å². The number of aromatic nitrogens is 2. The van der Waals surface area contributed by atoms with Gasteiger partial charge < -0.3 is 15.2 Å². The molecular formula is C12H16N4O3S. The zero-order chi connectivity index (χ0) is 15.1. The number of carbonyl (C=O) groups is 1. The van der Waals surface area contributed by atoms with E-state index < -0.39 is 9.84 Å². The third-order valence-corrected chi connectivity index (χ3v) is 4.09. The van der Waals surface area contributed by atoms with Crippen LogP contribution in [0.25, 0.3) is 11.0 Å². The molecule has 0 saturated heterocycles. The molecule has 0 bridgehead atoms. The topological polar surface area (TPSA) is 98.3 Å². The van der Waals surface area contributed by atoms with Crippen molar-refractivity contribution in [3.05, 3.63) is 18.2 Å². The van der Waals surface area contributed by atoms with Gasteiger partial charge in [0.15, 0.2) is 9.84 Å². The van der Waals surface area contributed by atoms with Crippen molar-refractivity contribution in [3.63, 3.8) is 0 Å². The van der Waals surface area contributed by atoms with E-state index in [1.807, 2.05) is 0 Å². The Balaban J connectivity index is 2.64. The number of nitrogens with zero attached hydrogens (tertiary/aromatic N) is 3. The van der Waals surface area contributed by atoms with Gasteiger partial charge in [-0.2, -0.15) is 0 Å². The summed E-state index contributed by atoms with van der Waals surface area (Å²) in [5, 5.41) is 0. The largest absolute Gasteiger partial charge is 0.369 e. The molecule has 0 atom stereocenters. The van der Waals surface area contributed by atoms with E-state index in [9.17, 15) is 13.2 Å². The lowest BCUT2D eigenvalue weighted by atomic mass is 10.3. The molecule has 0 aliphatic heterocycles. The molecule has 20 heavy (non-hydrogen) atoms. The Morgan fingerprint density at radius 2 is 2.05 bits per heavy atom. The summed E-state index contributed by atoms with van der Waals surface area (Å²) in [4.78, 5) is 17.4. The van der Waals surface area contributed by atoms with Gasteiger partial charge in [-0.1, -0.05) is 6.07 Å². The summed E-state index contributed by atoms with van der Waals surface area (Å²) in [5.41, 5.74) is 6.62. The van der Waals surface area contributed by atoms with Crippen LogP contribution in [0.5, 0.6) is 0 Å². The maximum atomic E-state index is 11.8. The zero-order valence-electron chi connectivity index (χ0n) is 11.5. The smallest absolute Gasteiger partial charge is 0.242 e. The van der Waals surface area contributed by atoms with Gasteiger partial charge >= 0.3 is 0 Å². The van der Waals surface area contributed by atoms with Gasteiger partial charge in [0.1, 0.15) is 12.1 Å². The Kier molecular flexibility index (Phi) is 3.43. The molecule has 1 aromatic carbocycles. The average molecular weight is 296 g/mol. The lowest BCUT2D eigenvalue weighted by Crippen LogP contribution is -2.26. The number of para-hydroxylation sites is 1. The summed E-state index contributed by atoms with van der Waals surface area (Å²) in [5.74, 6) is -0.0351. The van der Waals surface area contributed by atoms with Crippen molar-refractivity contribution in [2.45, 2.75) is 11.4 Å². The fourth-order valence-electron chi connectivity index (χ4n) is 1.88. The SMILES string of the molecule is CN(C)C(=O)Cn1c(N)nc2c(S(C)(=O)=O)cccc21. The van der Waals surface area contributed by atoms with E-state index >= 15 is 0 Å². The number of likely N-dealkylation sites (N-methyl/N-ethyl adjacent to an activating group) is 1. The van der Waals surface area contributed by atoms with E-state index in [2.05, 4.69) is 4.98 Å². The highest BCUT2D eigenvalue weighted by atomic mass is 32.2. The molecular weight excluding hydrogens is 280 g/mol. The first-order valence-corrected chi connectivity index (χ1v) is 7.76. The van der Waals surface area contributed by atoms with Gasteiger partial charge in [0.05, 0.1) is 10.4 Å². The maximum absolute atomic E-state index is 11.8. The molecule has 0 spiro atoms. The maximum Gasteiger partial charge on any atom is 0.242 e. The molecule has 2 rings (SSSR count). The third-order valence-electron chi connectivity index (χ3n) is 2.96. The van der Waals surface area contributed by atoms with Crippen LogP contribution in [0.15, 0.2) is 23.1 Å². The van der Waals surface area contributed by atoms with Crippen molar-refractivity contribution in [3.8, 4) is 0 Å². The van der Waals surface area contributed by atoms with Crippen molar-refractivity contribution in [1.82, 2.24) is 14.5 Å². The minimum atomic E-state index is -3.40. The number of hydrogen-bond acceptors (Lipinski definition) is 5. The second kappa shape index (κ2) is 4.78. The van der Waals surface area contributed by atoms with E-state index in [0.29, 0.717) is 11.0 Å². The monoisotopic (exact) mass is 296 g/mol. The standard InChI is InChI=1S/C12H16N4O3S/c1-15(2)10(17)7-16-8-5-4-6-9(20(3,18)19)11(8)14-12(16)13/h4-6H,7H2,1-3H3,(H2,13,14). The first-order valence-electron chi connectivity index (χ1n) is 5.86. The van der Waals surface area contributed by atoms with Crippen LogP contribution in [0.4, 0.5) is 5.95 Å². The molecule has 0 radical (unpaired) electrons. The van der Waals surface area contributed by atoms with Crippen molar-refractivity contribution in [2.24, 2.45) is 0 Å². The highest BCUT2D eigenvalue weighted by Crippen LogP contribution is 2.24. The first kappa shape index (κ1) is 14.3. The lowest BCUT2D eigenvalue weighted by Gasteiger charge is -2.12. The summed E-state index contributed by atoms with van der Waals surface area (Å²) >= 11 is 0. The van der Waals surface area contributed by atoms with Crippen molar-refractivity contribution in [2.75, 3.05) is 26.1 Å². The van der Waals surface area contributed by atoms with E-state index in [1.165, 1.54) is 15.5 Å². The number of carbonyl (C=O) groups excluding carboxylic acids is 1. The molecule has 8 heteroatoms. The Morgan fingerprint density at radius 1 is 1.40 bits per heavy atom. The van der Waals surface area contributed by atoms with Crippen LogP contribution in [-0.4, -0.2) is 49.1 Å². The predicted octanol–water partition coefficient (Wildman–Crippen LogP) is 0.110. The fraction of sp³-hybridized carbons (Fsp3) is 0.333. The van der Waals surface area contributed by atoms with E-state index in [-0.39, 0.29) is 23.3 Å². The molecule has 1 aromatic heterocycles. The summed E-state index contributed by atoms with van der Waals surface area (Å²) < 4.78 is 25.0. The first-order chi connectivity index (χ1) is 9.21. The van der Waals surface area contributed by atoms with Gasteiger partial charge in [0.25, 0.3) is 0 Å². The summed E-state index contributed by atoms with van der Waals surface area (Å²) in [6, 6.07) is 4.77. The number of rotatable bonds is 3. The number of sulfone groups is 1. The molecule has 7 nitrogen and oxygen atoms in total. The number of amides is 1. The Labute approximate surface area is 116 Å². The Morgan fingerprint density at radius 3 is 2.60 bits per heavy atom. The molecule has 0 fully saturated rings. The molecule has 1 amide bonds. The minimum Gasteiger partial charge on any atom is -0.369 e. The zero-order valence-corrected chi connectivity index (χ0v) is 12.3. The normalized spacial score (nSPS) is 11.8. The highest BCUT2D eigenvalue weighted by molar-refractivity contribution is 7.91. The average Bonchev–Trinajstić information content (AvgIpc) is 2.64. The predicted molar refractivity (Wildman–Crippen MR) is 75.9 cm³/mol. The number of imidazole rings is 1. The van der Waals surface area contributed by atoms with Crippen molar-refractivity contribution < 1.29 is 13.2 Å². The minimum absolute atomic E-state index is 0.0164. The van der Waals surface area contributed by atoms with E-state index in [0.717, 1.165) is 6.26 Å². The summed E-state index contributed by atoms with van der Waals surface area (Å²) in [6.07, 6.45) is 1.11. The molecule has 0 unspecified atom stereocenters. The number of nitrogen functional groups attached to an aromatic ring is 1. The molecule has 0 aliphatic rings. The van der Waals surface area contributed by atoms with Crippen LogP contribution in [0.3, 0.4) is 0 Å². The van der Waals surface area contributed by atoms with Gasteiger partial charge in [0, 0.05) is 20.4 Å². The van der Waals surface area contributed by atoms with Gasteiger partial charge in [-0.3, -0.25) is 4.79 Å². The second-order valence-corrected chi connectivity index (χ2v) is 6.72. The quantitative estimate of drug-likeness (QED) is 0.867. The number of benzene rings is 1. The fourth-order valence-corrected chi connectivity index (χ4v) is 2.71. The second-order valence-electron chi connectivity index (χ2n) is 4.74. The number of fused-ring (bicyclic) bond motifs is 1. The lowest BCUT2D eigenvalue weighted by molar-refractivity contribution is -0.129. The molecule has 0 saturated carbocycles. The number of nitrogens with two attached hydrogens (primary N) is 1. The number of anilines is 1.